The summed E-state index contributed by atoms with van der Waals surface area (Å²) in [6.45, 7) is 1.91. The molecule has 3 nitrogen and oxygen atoms in total. The highest BCUT2D eigenvalue weighted by molar-refractivity contribution is 5.96. The minimum Gasteiger partial charge on any atom is -0.496 e. The number of benzene rings is 1. The van der Waals surface area contributed by atoms with Crippen LogP contribution in [-0.2, 0) is 6.42 Å². The van der Waals surface area contributed by atoms with Crippen molar-refractivity contribution in [3.05, 3.63) is 29.3 Å². The fourth-order valence-corrected chi connectivity index (χ4v) is 1.47. The van der Waals surface area contributed by atoms with Gasteiger partial charge in [-0.2, -0.15) is 0 Å². The number of rotatable bonds is 5. The predicted octanol–water partition coefficient (Wildman–Crippen LogP) is 1.82. The summed E-state index contributed by atoms with van der Waals surface area (Å²) in [7, 11) is 1.61. The van der Waals surface area contributed by atoms with Crippen molar-refractivity contribution in [3.8, 4) is 5.75 Å². The molecule has 0 saturated carbocycles. The Morgan fingerprint density at radius 1 is 1.47 bits per heavy atom. The van der Waals surface area contributed by atoms with Gasteiger partial charge in [-0.1, -0.05) is 6.92 Å². The summed E-state index contributed by atoms with van der Waals surface area (Å²) in [6, 6.07) is 5.36. The topological polar surface area (TPSA) is 46.5 Å². The fourth-order valence-electron chi connectivity index (χ4n) is 1.47. The molecule has 0 unspecified atom stereocenters. The number of aliphatic hydroxyl groups excluding tert-OH is 1. The van der Waals surface area contributed by atoms with Gasteiger partial charge in [0.05, 0.1) is 13.7 Å². The van der Waals surface area contributed by atoms with Gasteiger partial charge >= 0.3 is 0 Å². The van der Waals surface area contributed by atoms with Gasteiger partial charge in [-0.15, -0.1) is 0 Å². The number of ether oxygens (including phenoxy) is 1. The summed E-state index contributed by atoms with van der Waals surface area (Å²) < 4.78 is 5.17. The van der Waals surface area contributed by atoms with Gasteiger partial charge in [0, 0.05) is 12.0 Å². The summed E-state index contributed by atoms with van der Waals surface area (Å²) in [5.41, 5.74) is 1.66. The van der Waals surface area contributed by atoms with Crippen LogP contribution < -0.4 is 4.74 Å². The molecule has 0 aromatic heterocycles. The molecule has 1 rings (SSSR count). The molecule has 82 valence electrons. The number of aryl methyl sites for hydroxylation is 1. The second kappa shape index (κ2) is 5.51. The van der Waals surface area contributed by atoms with Gasteiger partial charge in [0.1, 0.15) is 5.75 Å². The first-order valence-corrected chi connectivity index (χ1v) is 5.03. The molecule has 0 aliphatic carbocycles. The first-order chi connectivity index (χ1) is 7.22. The van der Waals surface area contributed by atoms with Crippen LogP contribution in [0.25, 0.3) is 0 Å². The first kappa shape index (κ1) is 11.7. The molecule has 0 atom stereocenters. The molecule has 0 bridgehead atoms. The zero-order valence-electron chi connectivity index (χ0n) is 9.12. The van der Waals surface area contributed by atoms with Crippen LogP contribution in [0.3, 0.4) is 0 Å². The van der Waals surface area contributed by atoms with Gasteiger partial charge in [-0.05, 0) is 30.2 Å². The van der Waals surface area contributed by atoms with Gasteiger partial charge in [0.25, 0.3) is 0 Å². The Morgan fingerprint density at radius 3 is 2.73 bits per heavy atom. The Kier molecular flexibility index (Phi) is 4.31. The van der Waals surface area contributed by atoms with E-state index in [1.807, 2.05) is 13.0 Å². The minimum absolute atomic E-state index is 0.0325. The number of aliphatic hydroxyl groups is 1. The Bertz CT molecular complexity index is 345. The molecular weight excluding hydrogens is 192 g/mol. The minimum atomic E-state index is -0.105. The number of carbonyl (C=O) groups excluding carboxylic acids is 1. The molecule has 1 aromatic carbocycles. The highest BCUT2D eigenvalue weighted by Crippen LogP contribution is 2.20. The maximum absolute atomic E-state index is 11.5. The number of methoxy groups -OCH3 is 1. The monoisotopic (exact) mass is 208 g/mol. The van der Waals surface area contributed by atoms with Crippen LogP contribution >= 0.6 is 0 Å². The SMILES string of the molecule is CCc1cc(C(=O)CCO)ccc1OC. The van der Waals surface area contributed by atoms with Crippen molar-refractivity contribution in [1.82, 2.24) is 0 Å². The van der Waals surface area contributed by atoms with E-state index in [9.17, 15) is 4.79 Å². The van der Waals surface area contributed by atoms with Crippen molar-refractivity contribution >= 4 is 5.78 Å². The number of hydrogen-bond acceptors (Lipinski definition) is 3. The molecule has 15 heavy (non-hydrogen) atoms. The molecule has 1 aromatic rings. The quantitative estimate of drug-likeness (QED) is 0.751. The molecule has 0 spiro atoms. The highest BCUT2D eigenvalue weighted by atomic mass is 16.5. The largest absolute Gasteiger partial charge is 0.496 e. The maximum atomic E-state index is 11.5. The Labute approximate surface area is 89.7 Å². The van der Waals surface area contributed by atoms with Gasteiger partial charge in [-0.25, -0.2) is 0 Å². The van der Waals surface area contributed by atoms with Gasteiger partial charge in [-0.3, -0.25) is 4.79 Å². The normalized spacial score (nSPS) is 10.1. The van der Waals surface area contributed by atoms with E-state index in [-0.39, 0.29) is 18.8 Å². The predicted molar refractivity (Wildman–Crippen MR) is 58.4 cm³/mol. The van der Waals surface area contributed by atoms with Crippen LogP contribution in [-0.4, -0.2) is 24.6 Å². The van der Waals surface area contributed by atoms with Crippen LogP contribution in [0.5, 0.6) is 5.75 Å². The molecular formula is C12H16O3. The zero-order chi connectivity index (χ0) is 11.3. The summed E-state index contributed by atoms with van der Waals surface area (Å²) >= 11 is 0. The van der Waals surface area contributed by atoms with Crippen molar-refractivity contribution in [2.75, 3.05) is 13.7 Å². The van der Waals surface area contributed by atoms with Crippen molar-refractivity contribution in [2.24, 2.45) is 0 Å². The van der Waals surface area contributed by atoms with E-state index in [1.165, 1.54) is 0 Å². The van der Waals surface area contributed by atoms with Crippen LogP contribution in [0.4, 0.5) is 0 Å². The molecule has 3 heteroatoms. The standard InChI is InChI=1S/C12H16O3/c1-3-9-8-10(11(14)6-7-13)4-5-12(9)15-2/h4-5,8,13H,3,6-7H2,1-2H3. The molecule has 0 aliphatic rings. The smallest absolute Gasteiger partial charge is 0.165 e. The van der Waals surface area contributed by atoms with Gasteiger partial charge in [0.15, 0.2) is 5.78 Å². The van der Waals surface area contributed by atoms with Crippen molar-refractivity contribution in [3.63, 3.8) is 0 Å². The summed E-state index contributed by atoms with van der Waals surface area (Å²) in [6.07, 6.45) is 0.999. The number of Topliss-reactive ketones (excluding diaryl/α,β-unsaturated/α-hetero) is 1. The lowest BCUT2D eigenvalue weighted by molar-refractivity contribution is 0.0956. The average molecular weight is 208 g/mol. The molecule has 0 heterocycles. The molecule has 0 fully saturated rings. The van der Waals surface area contributed by atoms with E-state index in [4.69, 9.17) is 9.84 Å². The number of ketones is 1. The lowest BCUT2D eigenvalue weighted by Crippen LogP contribution is -2.03. The van der Waals surface area contributed by atoms with Crippen LogP contribution in [0.2, 0.25) is 0 Å². The number of carbonyl (C=O) groups is 1. The summed E-state index contributed by atoms with van der Waals surface area (Å²) in [4.78, 5) is 11.5. The third-order valence-corrected chi connectivity index (χ3v) is 2.32. The Balaban J connectivity index is 2.97. The second-order valence-electron chi connectivity index (χ2n) is 3.28. The van der Waals surface area contributed by atoms with Crippen molar-refractivity contribution in [1.29, 1.82) is 0 Å². The molecule has 0 saturated heterocycles. The maximum Gasteiger partial charge on any atom is 0.165 e. The molecule has 0 amide bonds. The van der Waals surface area contributed by atoms with Crippen LogP contribution in [0.1, 0.15) is 29.3 Å². The first-order valence-electron chi connectivity index (χ1n) is 5.03. The second-order valence-corrected chi connectivity index (χ2v) is 3.28. The Hall–Kier alpha value is -1.35. The van der Waals surface area contributed by atoms with E-state index in [2.05, 4.69) is 0 Å². The summed E-state index contributed by atoms with van der Waals surface area (Å²) in [5.74, 6) is 0.771. The van der Waals surface area contributed by atoms with E-state index in [1.54, 1.807) is 19.2 Å². The third kappa shape index (κ3) is 2.80. The highest BCUT2D eigenvalue weighted by Gasteiger charge is 2.08. The van der Waals surface area contributed by atoms with Crippen LogP contribution in [0, 0.1) is 0 Å². The fraction of sp³-hybridized carbons (Fsp3) is 0.417. The third-order valence-electron chi connectivity index (χ3n) is 2.32. The van der Waals surface area contributed by atoms with E-state index in [0.717, 1.165) is 17.7 Å². The lowest BCUT2D eigenvalue weighted by atomic mass is 10.0. The van der Waals surface area contributed by atoms with E-state index in [0.29, 0.717) is 5.56 Å². The van der Waals surface area contributed by atoms with Crippen molar-refractivity contribution in [2.45, 2.75) is 19.8 Å². The van der Waals surface area contributed by atoms with Gasteiger partial charge < -0.3 is 9.84 Å². The number of hydrogen-bond donors (Lipinski definition) is 1. The summed E-state index contributed by atoms with van der Waals surface area (Å²) in [5, 5.41) is 8.68. The Morgan fingerprint density at radius 2 is 2.20 bits per heavy atom. The lowest BCUT2D eigenvalue weighted by Gasteiger charge is -2.08. The van der Waals surface area contributed by atoms with Crippen LogP contribution in [0.15, 0.2) is 18.2 Å². The van der Waals surface area contributed by atoms with E-state index < -0.39 is 0 Å². The average Bonchev–Trinajstić information content (AvgIpc) is 2.28. The molecule has 1 N–H and O–H groups in total. The van der Waals surface area contributed by atoms with Crippen molar-refractivity contribution < 1.29 is 14.6 Å². The van der Waals surface area contributed by atoms with E-state index >= 15 is 0 Å². The van der Waals surface area contributed by atoms with Gasteiger partial charge in [0.2, 0.25) is 0 Å². The zero-order valence-corrected chi connectivity index (χ0v) is 9.12. The molecule has 0 radical (unpaired) electrons. The molecule has 0 aliphatic heterocycles.